The predicted molar refractivity (Wildman–Crippen MR) is 72.5 cm³/mol. The van der Waals surface area contributed by atoms with Crippen molar-refractivity contribution in [3.8, 4) is 0 Å². The van der Waals surface area contributed by atoms with Gasteiger partial charge in [0.05, 0.1) is 11.8 Å². The molecule has 0 amide bonds. The summed E-state index contributed by atoms with van der Waals surface area (Å²) >= 11 is 0. The highest BCUT2D eigenvalue weighted by molar-refractivity contribution is 5.80. The zero-order valence-electron chi connectivity index (χ0n) is 12.9. The van der Waals surface area contributed by atoms with E-state index in [2.05, 4.69) is 0 Å². The highest BCUT2D eigenvalue weighted by Gasteiger charge is 2.46. The summed E-state index contributed by atoms with van der Waals surface area (Å²) in [4.78, 5) is 23.6. The molecule has 0 aromatic carbocycles. The Morgan fingerprint density at radius 1 is 1.37 bits per heavy atom. The fourth-order valence-corrected chi connectivity index (χ4v) is 2.32. The van der Waals surface area contributed by atoms with Crippen LogP contribution in [0.2, 0.25) is 0 Å². The van der Waals surface area contributed by atoms with Crippen molar-refractivity contribution in [3.05, 3.63) is 0 Å². The molecule has 1 saturated heterocycles. The van der Waals surface area contributed by atoms with Crippen LogP contribution in [-0.4, -0.2) is 23.6 Å². The highest BCUT2D eigenvalue weighted by Crippen LogP contribution is 2.34. The van der Waals surface area contributed by atoms with Crippen LogP contribution in [0.15, 0.2) is 0 Å². The molecular weight excluding hydrogens is 244 g/mol. The fraction of sp³-hybridized carbons (Fsp3) is 0.867. The average Bonchev–Trinajstić information content (AvgIpc) is 2.23. The maximum absolute atomic E-state index is 12.1. The van der Waals surface area contributed by atoms with Crippen LogP contribution in [0.25, 0.3) is 0 Å². The summed E-state index contributed by atoms with van der Waals surface area (Å²) in [6.07, 6.45) is 1.17. The van der Waals surface area contributed by atoms with Crippen LogP contribution in [0.3, 0.4) is 0 Å². The van der Waals surface area contributed by atoms with Gasteiger partial charge >= 0.3 is 11.9 Å². The van der Waals surface area contributed by atoms with E-state index in [0.717, 1.165) is 0 Å². The SMILES string of the molecule is CCC(CC1C(=O)OC1C(C)C)C(=O)OC(C)(C)C. The van der Waals surface area contributed by atoms with Crippen molar-refractivity contribution in [2.75, 3.05) is 0 Å². The third-order valence-corrected chi connectivity index (χ3v) is 3.38. The lowest BCUT2D eigenvalue weighted by atomic mass is 9.81. The molecule has 4 heteroatoms. The van der Waals surface area contributed by atoms with E-state index in [-0.39, 0.29) is 29.9 Å². The fourth-order valence-electron chi connectivity index (χ4n) is 2.32. The Kier molecular flexibility index (Phi) is 4.99. The lowest BCUT2D eigenvalue weighted by Crippen LogP contribution is -2.49. The molecule has 0 N–H and O–H groups in total. The molecule has 0 aromatic heterocycles. The van der Waals surface area contributed by atoms with Crippen LogP contribution < -0.4 is 0 Å². The molecule has 1 aliphatic heterocycles. The number of carbonyl (C=O) groups is 2. The smallest absolute Gasteiger partial charge is 0.313 e. The summed E-state index contributed by atoms with van der Waals surface area (Å²) in [5, 5.41) is 0. The Morgan fingerprint density at radius 2 is 1.95 bits per heavy atom. The van der Waals surface area contributed by atoms with Crippen LogP contribution in [0.5, 0.6) is 0 Å². The minimum atomic E-state index is -0.484. The van der Waals surface area contributed by atoms with Crippen molar-refractivity contribution in [2.45, 2.75) is 66.1 Å². The molecule has 1 fully saturated rings. The van der Waals surface area contributed by atoms with E-state index in [1.54, 1.807) is 0 Å². The molecular formula is C15H26O4. The molecule has 0 aliphatic carbocycles. The molecule has 0 saturated carbocycles. The lowest BCUT2D eigenvalue weighted by Gasteiger charge is -2.39. The zero-order valence-corrected chi connectivity index (χ0v) is 12.9. The molecule has 0 radical (unpaired) electrons. The Morgan fingerprint density at radius 3 is 2.32 bits per heavy atom. The van der Waals surface area contributed by atoms with Gasteiger partial charge in [0.25, 0.3) is 0 Å². The van der Waals surface area contributed by atoms with Gasteiger partial charge in [0, 0.05) is 0 Å². The van der Waals surface area contributed by atoms with Crippen molar-refractivity contribution in [1.29, 1.82) is 0 Å². The summed E-state index contributed by atoms with van der Waals surface area (Å²) in [7, 11) is 0. The predicted octanol–water partition coefficient (Wildman–Crippen LogP) is 2.94. The van der Waals surface area contributed by atoms with E-state index in [4.69, 9.17) is 9.47 Å². The molecule has 110 valence electrons. The first kappa shape index (κ1) is 16.0. The van der Waals surface area contributed by atoms with E-state index < -0.39 is 5.60 Å². The van der Waals surface area contributed by atoms with E-state index in [9.17, 15) is 9.59 Å². The third kappa shape index (κ3) is 4.22. The Balaban J connectivity index is 2.61. The largest absolute Gasteiger partial charge is 0.461 e. The summed E-state index contributed by atoms with van der Waals surface area (Å²) in [5.74, 6) is -0.479. The third-order valence-electron chi connectivity index (χ3n) is 3.38. The monoisotopic (exact) mass is 270 g/mol. The number of cyclic esters (lactones) is 1. The molecule has 0 spiro atoms. The zero-order chi connectivity index (χ0) is 14.8. The number of hydrogen-bond donors (Lipinski definition) is 0. The first-order chi connectivity index (χ1) is 8.65. The minimum Gasteiger partial charge on any atom is -0.461 e. The second kappa shape index (κ2) is 5.93. The molecule has 3 atom stereocenters. The topological polar surface area (TPSA) is 52.6 Å². The molecule has 3 unspecified atom stereocenters. The first-order valence-corrected chi connectivity index (χ1v) is 7.09. The summed E-state index contributed by atoms with van der Waals surface area (Å²) < 4.78 is 10.5. The van der Waals surface area contributed by atoms with E-state index in [0.29, 0.717) is 18.8 Å². The highest BCUT2D eigenvalue weighted by atomic mass is 16.6. The average molecular weight is 270 g/mol. The minimum absolute atomic E-state index is 0.0519. The molecule has 0 bridgehead atoms. The van der Waals surface area contributed by atoms with Crippen molar-refractivity contribution in [2.24, 2.45) is 17.8 Å². The van der Waals surface area contributed by atoms with Crippen molar-refractivity contribution >= 4 is 11.9 Å². The van der Waals surface area contributed by atoms with Crippen molar-refractivity contribution < 1.29 is 19.1 Å². The maximum atomic E-state index is 12.1. The van der Waals surface area contributed by atoms with Gasteiger partial charge in [-0.05, 0) is 39.5 Å². The van der Waals surface area contributed by atoms with Crippen LogP contribution in [0.4, 0.5) is 0 Å². The Bertz CT molecular complexity index is 341. The van der Waals surface area contributed by atoms with Gasteiger partial charge in [-0.3, -0.25) is 9.59 Å². The van der Waals surface area contributed by atoms with Gasteiger partial charge in [0.1, 0.15) is 11.7 Å². The molecule has 4 nitrogen and oxygen atoms in total. The summed E-state index contributed by atoms with van der Waals surface area (Å²) in [5.41, 5.74) is -0.484. The van der Waals surface area contributed by atoms with Gasteiger partial charge < -0.3 is 9.47 Å². The van der Waals surface area contributed by atoms with Crippen LogP contribution in [-0.2, 0) is 19.1 Å². The molecule has 1 heterocycles. The number of esters is 2. The number of ether oxygens (including phenoxy) is 2. The Hall–Kier alpha value is -1.06. The van der Waals surface area contributed by atoms with Gasteiger partial charge in [-0.2, -0.15) is 0 Å². The molecule has 1 aliphatic rings. The molecule has 1 rings (SSSR count). The summed E-state index contributed by atoms with van der Waals surface area (Å²) in [6, 6.07) is 0. The quantitative estimate of drug-likeness (QED) is 0.721. The van der Waals surface area contributed by atoms with Crippen LogP contribution >= 0.6 is 0 Å². The van der Waals surface area contributed by atoms with Gasteiger partial charge in [0.15, 0.2) is 0 Å². The number of carbonyl (C=O) groups excluding carboxylic acids is 2. The van der Waals surface area contributed by atoms with Gasteiger partial charge in [-0.15, -0.1) is 0 Å². The molecule has 19 heavy (non-hydrogen) atoms. The Labute approximate surface area is 115 Å². The van der Waals surface area contributed by atoms with Crippen molar-refractivity contribution in [1.82, 2.24) is 0 Å². The van der Waals surface area contributed by atoms with E-state index >= 15 is 0 Å². The van der Waals surface area contributed by atoms with Crippen LogP contribution in [0, 0.1) is 17.8 Å². The number of rotatable bonds is 5. The summed E-state index contributed by atoms with van der Waals surface area (Å²) in [6.45, 7) is 11.6. The van der Waals surface area contributed by atoms with Crippen LogP contribution in [0.1, 0.15) is 54.4 Å². The van der Waals surface area contributed by atoms with Gasteiger partial charge in [-0.25, -0.2) is 0 Å². The van der Waals surface area contributed by atoms with Gasteiger partial charge in [-0.1, -0.05) is 20.8 Å². The van der Waals surface area contributed by atoms with E-state index in [1.165, 1.54) is 0 Å². The van der Waals surface area contributed by atoms with Crippen molar-refractivity contribution in [3.63, 3.8) is 0 Å². The maximum Gasteiger partial charge on any atom is 0.313 e. The second-order valence-corrected chi connectivity index (χ2v) is 6.63. The number of hydrogen-bond acceptors (Lipinski definition) is 4. The first-order valence-electron chi connectivity index (χ1n) is 7.09. The second-order valence-electron chi connectivity index (χ2n) is 6.63. The molecule has 0 aromatic rings. The lowest BCUT2D eigenvalue weighted by molar-refractivity contribution is -0.193. The van der Waals surface area contributed by atoms with Gasteiger partial charge in [0.2, 0.25) is 0 Å². The standard InChI is InChI=1S/C15H26O4/c1-7-10(13(16)19-15(4,5)6)8-11-12(9(2)3)18-14(11)17/h9-12H,7-8H2,1-6H3. The normalized spacial score (nSPS) is 24.7. The van der Waals surface area contributed by atoms with E-state index in [1.807, 2.05) is 41.5 Å².